The van der Waals surface area contributed by atoms with Crippen LogP contribution in [0.4, 0.5) is 0 Å². The van der Waals surface area contributed by atoms with Crippen LogP contribution in [0.25, 0.3) is 0 Å². The molecule has 0 atom stereocenters. The standard InChI is InChI=1S/C4H10O.C3H8O3S/c1-3-5-4-2;1-3(2)7(4,5)6/h3-4H2,1-2H3;3H,1-2H3,(H,4,5,6). The molecule has 0 unspecified atom stereocenters. The maximum atomic E-state index is 9.89. The minimum absolute atomic E-state index is 0.674. The van der Waals surface area contributed by atoms with Crippen LogP contribution in [0, 0.1) is 0 Å². The van der Waals surface area contributed by atoms with Crippen molar-refractivity contribution in [1.82, 2.24) is 0 Å². The molecule has 5 heteroatoms. The SMILES string of the molecule is CC(C)S(=O)(=O)O.CCOCC. The van der Waals surface area contributed by atoms with E-state index < -0.39 is 15.4 Å². The van der Waals surface area contributed by atoms with Crippen molar-refractivity contribution in [3.63, 3.8) is 0 Å². The molecule has 0 aromatic heterocycles. The zero-order chi connectivity index (χ0) is 10.2. The summed E-state index contributed by atoms with van der Waals surface area (Å²) in [6, 6.07) is 0. The third kappa shape index (κ3) is 12.5. The van der Waals surface area contributed by atoms with Crippen LogP contribution in [0.1, 0.15) is 27.7 Å². The van der Waals surface area contributed by atoms with Gasteiger partial charge in [-0.1, -0.05) is 0 Å². The number of hydrogen-bond donors (Lipinski definition) is 1. The monoisotopic (exact) mass is 198 g/mol. The Labute approximate surface area is 74.7 Å². The molecule has 0 spiro atoms. The fraction of sp³-hybridized carbons (Fsp3) is 1.00. The predicted octanol–water partition coefficient (Wildman–Crippen LogP) is 1.33. The maximum absolute atomic E-state index is 9.89. The summed E-state index contributed by atoms with van der Waals surface area (Å²) in [6.07, 6.45) is 0. The van der Waals surface area contributed by atoms with Gasteiger partial charge in [-0.05, 0) is 27.7 Å². The van der Waals surface area contributed by atoms with E-state index in [1.54, 1.807) is 0 Å². The molecule has 0 bridgehead atoms. The third-order valence-electron chi connectivity index (χ3n) is 1.00. The lowest BCUT2D eigenvalue weighted by atomic mass is 10.6. The lowest BCUT2D eigenvalue weighted by Gasteiger charge is -1.94. The van der Waals surface area contributed by atoms with Gasteiger partial charge in [0.05, 0.1) is 5.25 Å². The maximum Gasteiger partial charge on any atom is 0.267 e. The molecule has 0 saturated heterocycles. The van der Waals surface area contributed by atoms with Crippen molar-refractivity contribution >= 4 is 10.1 Å². The van der Waals surface area contributed by atoms with Gasteiger partial charge in [-0.2, -0.15) is 8.42 Å². The predicted molar refractivity (Wildman–Crippen MR) is 48.9 cm³/mol. The Kier molecular flexibility index (Phi) is 9.02. The number of ether oxygens (including phenoxy) is 1. The average molecular weight is 198 g/mol. The highest BCUT2D eigenvalue weighted by Gasteiger charge is 2.08. The van der Waals surface area contributed by atoms with Crippen molar-refractivity contribution < 1.29 is 17.7 Å². The Morgan fingerprint density at radius 3 is 1.50 bits per heavy atom. The van der Waals surface area contributed by atoms with Gasteiger partial charge in [0.15, 0.2) is 0 Å². The zero-order valence-corrected chi connectivity index (χ0v) is 8.89. The Balaban J connectivity index is 0. The van der Waals surface area contributed by atoms with Crippen LogP contribution < -0.4 is 0 Å². The number of rotatable bonds is 3. The Bertz CT molecular complexity index is 170. The second kappa shape index (κ2) is 7.52. The van der Waals surface area contributed by atoms with Crippen molar-refractivity contribution in [3.05, 3.63) is 0 Å². The van der Waals surface area contributed by atoms with Gasteiger partial charge in [-0.15, -0.1) is 0 Å². The van der Waals surface area contributed by atoms with Crippen LogP contribution in [0.5, 0.6) is 0 Å². The molecule has 76 valence electrons. The normalized spacial score (nSPS) is 10.8. The molecule has 0 aliphatic heterocycles. The first-order chi connectivity index (χ1) is 5.36. The van der Waals surface area contributed by atoms with Gasteiger partial charge >= 0.3 is 0 Å². The molecule has 12 heavy (non-hydrogen) atoms. The fourth-order valence-electron chi connectivity index (χ4n) is 0.204. The molecule has 0 aliphatic rings. The first-order valence-corrected chi connectivity index (χ1v) is 5.40. The van der Waals surface area contributed by atoms with Gasteiger partial charge < -0.3 is 4.74 Å². The molecule has 1 N–H and O–H groups in total. The van der Waals surface area contributed by atoms with E-state index in [2.05, 4.69) is 0 Å². The highest BCUT2D eigenvalue weighted by Crippen LogP contribution is 1.91. The number of hydrogen-bond acceptors (Lipinski definition) is 3. The first kappa shape index (κ1) is 14.4. The summed E-state index contributed by atoms with van der Waals surface area (Å²) in [5, 5.41) is -0.674. The van der Waals surface area contributed by atoms with Crippen molar-refractivity contribution in [2.24, 2.45) is 0 Å². The molecule has 4 nitrogen and oxygen atoms in total. The molecule has 0 fully saturated rings. The minimum Gasteiger partial charge on any atom is -0.382 e. The van der Waals surface area contributed by atoms with Crippen molar-refractivity contribution in [1.29, 1.82) is 0 Å². The van der Waals surface area contributed by atoms with E-state index in [0.29, 0.717) is 0 Å². The summed E-state index contributed by atoms with van der Waals surface area (Å²) in [6.45, 7) is 8.49. The van der Waals surface area contributed by atoms with E-state index in [-0.39, 0.29) is 0 Å². The molecule has 0 heterocycles. The molecule has 0 radical (unpaired) electrons. The summed E-state index contributed by atoms with van der Waals surface area (Å²) < 4.78 is 32.7. The highest BCUT2D eigenvalue weighted by molar-refractivity contribution is 7.86. The van der Waals surface area contributed by atoms with Gasteiger partial charge in [-0.25, -0.2) is 0 Å². The fourth-order valence-corrected chi connectivity index (χ4v) is 0.204. The zero-order valence-electron chi connectivity index (χ0n) is 8.07. The van der Waals surface area contributed by atoms with Crippen LogP contribution in [0.3, 0.4) is 0 Å². The summed E-state index contributed by atoms with van der Waals surface area (Å²) in [5.41, 5.74) is 0. The van der Waals surface area contributed by atoms with E-state index in [1.807, 2.05) is 13.8 Å². The van der Waals surface area contributed by atoms with Crippen LogP contribution in [-0.4, -0.2) is 31.4 Å². The lowest BCUT2D eigenvalue weighted by Crippen LogP contribution is -2.10. The molecule has 0 aliphatic carbocycles. The molecule has 0 saturated carbocycles. The van der Waals surface area contributed by atoms with Crippen LogP contribution in [-0.2, 0) is 14.9 Å². The van der Waals surface area contributed by atoms with Gasteiger partial charge in [0, 0.05) is 13.2 Å². The van der Waals surface area contributed by atoms with E-state index in [9.17, 15) is 8.42 Å². The topological polar surface area (TPSA) is 63.6 Å². The molecular formula is C7H18O4S. The summed E-state index contributed by atoms with van der Waals surface area (Å²) in [5.74, 6) is 0. The van der Waals surface area contributed by atoms with E-state index in [0.717, 1.165) is 13.2 Å². The molecule has 0 amide bonds. The van der Waals surface area contributed by atoms with Crippen molar-refractivity contribution in [2.75, 3.05) is 13.2 Å². The summed E-state index contributed by atoms with van der Waals surface area (Å²) in [4.78, 5) is 0. The summed E-state index contributed by atoms with van der Waals surface area (Å²) >= 11 is 0. The quantitative estimate of drug-likeness (QED) is 0.695. The van der Waals surface area contributed by atoms with E-state index in [1.165, 1.54) is 13.8 Å². The Morgan fingerprint density at radius 1 is 1.25 bits per heavy atom. The molecule has 0 aromatic rings. The smallest absolute Gasteiger partial charge is 0.267 e. The van der Waals surface area contributed by atoms with Crippen LogP contribution >= 0.6 is 0 Å². The molecule has 0 aromatic carbocycles. The second-order valence-electron chi connectivity index (χ2n) is 2.35. The van der Waals surface area contributed by atoms with E-state index in [4.69, 9.17) is 9.29 Å². The van der Waals surface area contributed by atoms with Gasteiger partial charge in [0.2, 0.25) is 0 Å². The van der Waals surface area contributed by atoms with Gasteiger partial charge in [0.1, 0.15) is 0 Å². The molecular weight excluding hydrogens is 180 g/mol. The first-order valence-electron chi connectivity index (χ1n) is 3.90. The lowest BCUT2D eigenvalue weighted by molar-refractivity contribution is 0.162. The highest BCUT2D eigenvalue weighted by atomic mass is 32.2. The van der Waals surface area contributed by atoms with Crippen molar-refractivity contribution in [3.8, 4) is 0 Å². The van der Waals surface area contributed by atoms with Gasteiger partial charge in [-0.3, -0.25) is 4.55 Å². The van der Waals surface area contributed by atoms with Gasteiger partial charge in [0.25, 0.3) is 10.1 Å². The Morgan fingerprint density at radius 2 is 1.50 bits per heavy atom. The average Bonchev–Trinajstić information content (AvgIpc) is 1.88. The summed E-state index contributed by atoms with van der Waals surface area (Å²) in [7, 11) is -3.74. The van der Waals surface area contributed by atoms with Crippen molar-refractivity contribution in [2.45, 2.75) is 32.9 Å². The molecule has 0 rings (SSSR count). The Hall–Kier alpha value is -0.130. The third-order valence-corrected chi connectivity index (χ3v) is 2.20. The van der Waals surface area contributed by atoms with Crippen LogP contribution in [0.15, 0.2) is 0 Å². The second-order valence-corrected chi connectivity index (χ2v) is 4.32. The minimum atomic E-state index is -3.74. The van der Waals surface area contributed by atoms with E-state index >= 15 is 0 Å². The largest absolute Gasteiger partial charge is 0.382 e. The van der Waals surface area contributed by atoms with Crippen LogP contribution in [0.2, 0.25) is 0 Å².